The van der Waals surface area contributed by atoms with Crippen molar-refractivity contribution >= 4 is 5.91 Å². The number of amides is 1. The van der Waals surface area contributed by atoms with Crippen LogP contribution in [0.3, 0.4) is 0 Å². The first-order chi connectivity index (χ1) is 11.8. The van der Waals surface area contributed by atoms with Crippen LogP contribution in [0.2, 0.25) is 0 Å². The van der Waals surface area contributed by atoms with Crippen molar-refractivity contribution in [2.45, 2.75) is 18.8 Å². The van der Waals surface area contributed by atoms with E-state index in [2.05, 4.69) is 5.10 Å². The zero-order valence-corrected chi connectivity index (χ0v) is 13.0. The molecule has 1 aromatic heterocycles. The van der Waals surface area contributed by atoms with Gasteiger partial charge in [-0.05, 0) is 23.8 Å². The molecule has 2 aromatic rings. The minimum Gasteiger partial charge on any atom is -0.370 e. The van der Waals surface area contributed by atoms with Crippen molar-refractivity contribution in [3.05, 3.63) is 53.6 Å². The van der Waals surface area contributed by atoms with Gasteiger partial charge in [0.15, 0.2) is 5.69 Å². The van der Waals surface area contributed by atoms with Gasteiger partial charge in [0.25, 0.3) is 0 Å². The number of alkyl halides is 3. The second-order valence-electron chi connectivity index (χ2n) is 5.65. The Labute approximate surface area is 140 Å². The number of halogens is 4. The van der Waals surface area contributed by atoms with Crippen LogP contribution in [0.1, 0.15) is 17.4 Å². The van der Waals surface area contributed by atoms with Gasteiger partial charge in [0, 0.05) is 12.7 Å². The zero-order chi connectivity index (χ0) is 18.0. The normalized spacial score (nSPS) is 18.4. The molecule has 1 aromatic carbocycles. The lowest BCUT2D eigenvalue weighted by Crippen LogP contribution is -2.43. The Kier molecular flexibility index (Phi) is 4.76. The zero-order valence-electron chi connectivity index (χ0n) is 13.0. The summed E-state index contributed by atoms with van der Waals surface area (Å²) in [5.41, 5.74) is -0.302. The fourth-order valence-electron chi connectivity index (χ4n) is 2.59. The number of rotatable bonds is 3. The van der Waals surface area contributed by atoms with Crippen molar-refractivity contribution in [2.24, 2.45) is 0 Å². The highest BCUT2D eigenvalue weighted by Gasteiger charge is 2.34. The highest BCUT2D eigenvalue weighted by molar-refractivity contribution is 5.76. The van der Waals surface area contributed by atoms with Crippen LogP contribution >= 0.6 is 0 Å². The minimum atomic E-state index is -4.54. The molecule has 2 heterocycles. The molecule has 1 fully saturated rings. The number of hydrogen-bond acceptors (Lipinski definition) is 3. The van der Waals surface area contributed by atoms with E-state index in [1.165, 1.54) is 17.0 Å². The first-order valence-electron chi connectivity index (χ1n) is 7.58. The monoisotopic (exact) mass is 357 g/mol. The van der Waals surface area contributed by atoms with E-state index in [1.807, 2.05) is 0 Å². The van der Waals surface area contributed by atoms with E-state index < -0.39 is 18.0 Å². The van der Waals surface area contributed by atoms with Crippen LogP contribution in [0.15, 0.2) is 36.5 Å². The summed E-state index contributed by atoms with van der Waals surface area (Å²) < 4.78 is 57.2. The van der Waals surface area contributed by atoms with Crippen LogP contribution in [0.5, 0.6) is 0 Å². The molecule has 1 saturated heterocycles. The van der Waals surface area contributed by atoms with Crippen LogP contribution in [-0.2, 0) is 22.3 Å². The summed E-state index contributed by atoms with van der Waals surface area (Å²) in [4.78, 5) is 13.8. The molecule has 1 atom stereocenters. The van der Waals surface area contributed by atoms with E-state index in [4.69, 9.17) is 4.74 Å². The van der Waals surface area contributed by atoms with Gasteiger partial charge in [0.2, 0.25) is 5.91 Å². The van der Waals surface area contributed by atoms with Crippen molar-refractivity contribution in [2.75, 3.05) is 19.7 Å². The lowest BCUT2D eigenvalue weighted by atomic mass is 10.1. The molecular formula is C16H15F4N3O2. The molecule has 1 amide bonds. The molecule has 0 radical (unpaired) electrons. The summed E-state index contributed by atoms with van der Waals surface area (Å²) in [6.45, 7) is 0.592. The summed E-state index contributed by atoms with van der Waals surface area (Å²) in [7, 11) is 0. The Morgan fingerprint density at radius 1 is 1.24 bits per heavy atom. The maximum absolute atomic E-state index is 13.0. The quantitative estimate of drug-likeness (QED) is 0.794. The van der Waals surface area contributed by atoms with Crippen LogP contribution < -0.4 is 0 Å². The molecule has 9 heteroatoms. The van der Waals surface area contributed by atoms with Crippen molar-refractivity contribution < 1.29 is 27.1 Å². The van der Waals surface area contributed by atoms with Crippen LogP contribution in [-0.4, -0.2) is 40.3 Å². The number of ether oxygens (including phenoxy) is 1. The standard InChI is InChI=1S/C16H15F4N3O2/c17-12-3-1-11(2-4-12)13-9-22(7-8-25-13)15(24)10-23-6-5-14(21-23)16(18,19)20/h1-6,13H,7-10H2. The number of carbonyl (C=O) groups excluding carboxylic acids is 1. The molecular weight excluding hydrogens is 342 g/mol. The second kappa shape index (κ2) is 6.83. The Morgan fingerprint density at radius 2 is 1.96 bits per heavy atom. The Hall–Kier alpha value is -2.42. The number of nitrogens with zero attached hydrogens (tertiary/aromatic N) is 3. The van der Waals surface area contributed by atoms with E-state index >= 15 is 0 Å². The van der Waals surface area contributed by atoms with E-state index in [0.717, 1.165) is 22.5 Å². The maximum atomic E-state index is 13.0. The first kappa shape index (κ1) is 17.4. The van der Waals surface area contributed by atoms with Gasteiger partial charge >= 0.3 is 6.18 Å². The van der Waals surface area contributed by atoms with Gasteiger partial charge < -0.3 is 9.64 Å². The molecule has 3 rings (SSSR count). The molecule has 5 nitrogen and oxygen atoms in total. The molecule has 25 heavy (non-hydrogen) atoms. The number of aromatic nitrogens is 2. The van der Waals surface area contributed by atoms with E-state index in [-0.39, 0.29) is 24.8 Å². The lowest BCUT2D eigenvalue weighted by molar-refractivity contribution is -0.143. The summed E-state index contributed by atoms with van der Waals surface area (Å²) in [5, 5.41) is 3.37. The summed E-state index contributed by atoms with van der Waals surface area (Å²) in [6, 6.07) is 6.60. The average Bonchev–Trinajstić information content (AvgIpc) is 3.04. The fraction of sp³-hybridized carbons (Fsp3) is 0.375. The van der Waals surface area contributed by atoms with Crippen molar-refractivity contribution in [3.63, 3.8) is 0 Å². The SMILES string of the molecule is O=C(Cn1ccc(C(F)(F)F)n1)N1CCOC(c2ccc(F)cc2)C1. The maximum Gasteiger partial charge on any atom is 0.435 e. The molecule has 0 spiro atoms. The fourth-order valence-corrected chi connectivity index (χ4v) is 2.59. The highest BCUT2D eigenvalue weighted by atomic mass is 19.4. The van der Waals surface area contributed by atoms with Gasteiger partial charge in [-0.3, -0.25) is 9.48 Å². The summed E-state index contributed by atoms with van der Waals surface area (Å²) in [5.74, 6) is -0.723. The number of carbonyl (C=O) groups is 1. The van der Waals surface area contributed by atoms with Crippen molar-refractivity contribution in [1.82, 2.24) is 14.7 Å². The second-order valence-corrected chi connectivity index (χ2v) is 5.65. The molecule has 0 bridgehead atoms. The predicted octanol–water partition coefficient (Wildman–Crippen LogP) is 2.64. The number of benzene rings is 1. The van der Waals surface area contributed by atoms with Gasteiger partial charge in [0.1, 0.15) is 18.5 Å². The highest BCUT2D eigenvalue weighted by Crippen LogP contribution is 2.27. The van der Waals surface area contributed by atoms with Gasteiger partial charge in [-0.25, -0.2) is 4.39 Å². The molecule has 1 aliphatic heterocycles. The topological polar surface area (TPSA) is 47.4 Å². The predicted molar refractivity (Wildman–Crippen MR) is 78.9 cm³/mol. The average molecular weight is 357 g/mol. The molecule has 0 saturated carbocycles. The van der Waals surface area contributed by atoms with Crippen LogP contribution in [0.25, 0.3) is 0 Å². The molecule has 0 aliphatic carbocycles. The minimum absolute atomic E-state index is 0.248. The van der Waals surface area contributed by atoms with E-state index in [9.17, 15) is 22.4 Å². The Balaban J connectivity index is 1.64. The van der Waals surface area contributed by atoms with Gasteiger partial charge in [-0.1, -0.05) is 12.1 Å². The largest absolute Gasteiger partial charge is 0.435 e. The Bertz CT molecular complexity index is 743. The van der Waals surface area contributed by atoms with Crippen LogP contribution in [0, 0.1) is 5.82 Å². The third-order valence-electron chi connectivity index (χ3n) is 3.89. The van der Waals surface area contributed by atoms with Crippen molar-refractivity contribution in [3.8, 4) is 0 Å². The number of morpholine rings is 1. The lowest BCUT2D eigenvalue weighted by Gasteiger charge is -2.33. The summed E-state index contributed by atoms with van der Waals surface area (Å²) in [6.07, 6.45) is -3.82. The molecule has 1 aliphatic rings. The third-order valence-corrected chi connectivity index (χ3v) is 3.89. The van der Waals surface area contributed by atoms with Gasteiger partial charge in [0.05, 0.1) is 13.2 Å². The van der Waals surface area contributed by atoms with Gasteiger partial charge in [-0.2, -0.15) is 18.3 Å². The Morgan fingerprint density at radius 3 is 2.60 bits per heavy atom. The van der Waals surface area contributed by atoms with Crippen molar-refractivity contribution in [1.29, 1.82) is 0 Å². The van der Waals surface area contributed by atoms with Gasteiger partial charge in [-0.15, -0.1) is 0 Å². The smallest absolute Gasteiger partial charge is 0.370 e. The molecule has 0 N–H and O–H groups in total. The molecule has 134 valence electrons. The first-order valence-corrected chi connectivity index (χ1v) is 7.58. The van der Waals surface area contributed by atoms with E-state index in [0.29, 0.717) is 13.2 Å². The van der Waals surface area contributed by atoms with E-state index in [1.54, 1.807) is 12.1 Å². The summed E-state index contributed by atoms with van der Waals surface area (Å²) >= 11 is 0. The molecule has 1 unspecified atom stereocenters. The third kappa shape index (κ3) is 4.16. The van der Waals surface area contributed by atoms with Crippen LogP contribution in [0.4, 0.5) is 17.6 Å². The number of hydrogen-bond donors (Lipinski definition) is 0.